The molecule has 6 nitrogen and oxygen atoms in total. The molecule has 0 radical (unpaired) electrons. The van der Waals surface area contributed by atoms with Crippen LogP contribution in [-0.2, 0) is 0 Å². The lowest BCUT2D eigenvalue weighted by Crippen LogP contribution is -2.55. The van der Waals surface area contributed by atoms with Gasteiger partial charge in [0.2, 0.25) is 0 Å². The van der Waals surface area contributed by atoms with E-state index < -0.39 is 6.09 Å². The van der Waals surface area contributed by atoms with Crippen LogP contribution in [0, 0.1) is 5.92 Å². The quantitative estimate of drug-likeness (QED) is 0.837. The topological polar surface area (TPSA) is 65.9 Å². The van der Waals surface area contributed by atoms with Crippen molar-refractivity contribution in [2.24, 2.45) is 5.92 Å². The number of ether oxygens (including phenoxy) is 1. The molecule has 2 saturated heterocycles. The fourth-order valence-electron chi connectivity index (χ4n) is 2.81. The van der Waals surface area contributed by atoms with Crippen molar-refractivity contribution >= 4 is 27.7 Å². The number of anilines is 1. The van der Waals surface area contributed by atoms with Crippen LogP contribution in [0.3, 0.4) is 0 Å². The first-order valence-corrected chi connectivity index (χ1v) is 6.83. The predicted molar refractivity (Wildman–Crippen MR) is 72.7 cm³/mol. The molecule has 102 valence electrons. The molecule has 0 unspecified atom stereocenters. The summed E-state index contributed by atoms with van der Waals surface area (Å²) < 4.78 is 5.91. The highest BCUT2D eigenvalue weighted by atomic mass is 79.9. The Kier molecular flexibility index (Phi) is 3.00. The van der Waals surface area contributed by atoms with Crippen molar-refractivity contribution < 1.29 is 14.6 Å². The number of fused-ring (bicyclic) bond motifs is 1. The zero-order valence-corrected chi connectivity index (χ0v) is 12.0. The second-order valence-corrected chi connectivity index (χ2v) is 5.61. The Labute approximate surface area is 119 Å². The molecule has 0 saturated carbocycles. The molecule has 1 aromatic heterocycles. The van der Waals surface area contributed by atoms with Crippen molar-refractivity contribution in [3.63, 3.8) is 0 Å². The van der Waals surface area contributed by atoms with E-state index in [1.165, 1.54) is 4.90 Å². The van der Waals surface area contributed by atoms with E-state index in [1.807, 2.05) is 6.07 Å². The Balaban J connectivity index is 1.77. The Morgan fingerprint density at radius 3 is 3.00 bits per heavy atom. The standard InChI is InChI=1S/C12H14BrN3O3/c1-19-10-2-8(3-14-11(10)13)16-5-7-4-15(12(17)18)6-9(7)16/h2-3,7,9H,4-6H2,1H3,(H,17,18)/t7-,9-/m1/s1. The number of halogens is 1. The van der Waals surface area contributed by atoms with E-state index in [1.54, 1.807) is 13.3 Å². The van der Waals surface area contributed by atoms with Gasteiger partial charge in [0, 0.05) is 31.6 Å². The van der Waals surface area contributed by atoms with Gasteiger partial charge in [-0.2, -0.15) is 0 Å². The molecule has 2 aliphatic rings. The van der Waals surface area contributed by atoms with Crippen molar-refractivity contribution in [3.05, 3.63) is 16.9 Å². The van der Waals surface area contributed by atoms with Gasteiger partial charge < -0.3 is 19.6 Å². The second kappa shape index (κ2) is 4.56. The van der Waals surface area contributed by atoms with Gasteiger partial charge in [-0.3, -0.25) is 0 Å². The first-order chi connectivity index (χ1) is 9.10. The number of carboxylic acid groups (broad SMARTS) is 1. The third-order valence-corrected chi connectivity index (χ3v) is 4.45. The number of hydrogen-bond acceptors (Lipinski definition) is 4. The third kappa shape index (κ3) is 2.01. The fourth-order valence-corrected chi connectivity index (χ4v) is 3.19. The number of rotatable bonds is 2. The average molecular weight is 328 g/mol. The van der Waals surface area contributed by atoms with Crippen molar-refractivity contribution in [2.45, 2.75) is 6.04 Å². The van der Waals surface area contributed by atoms with E-state index in [-0.39, 0.29) is 6.04 Å². The van der Waals surface area contributed by atoms with Crippen molar-refractivity contribution in [1.29, 1.82) is 0 Å². The summed E-state index contributed by atoms with van der Waals surface area (Å²) in [5, 5.41) is 9.02. The van der Waals surface area contributed by atoms with Gasteiger partial charge in [-0.25, -0.2) is 9.78 Å². The van der Waals surface area contributed by atoms with Crippen LogP contribution in [0.5, 0.6) is 5.75 Å². The molecule has 0 aromatic carbocycles. The summed E-state index contributed by atoms with van der Waals surface area (Å²) in [5.41, 5.74) is 0.980. The molecule has 1 N–H and O–H groups in total. The van der Waals surface area contributed by atoms with Gasteiger partial charge in [-0.15, -0.1) is 0 Å². The van der Waals surface area contributed by atoms with E-state index in [2.05, 4.69) is 25.8 Å². The molecule has 2 fully saturated rings. The first-order valence-electron chi connectivity index (χ1n) is 6.04. The summed E-state index contributed by atoms with van der Waals surface area (Å²) >= 11 is 3.32. The smallest absolute Gasteiger partial charge is 0.407 e. The van der Waals surface area contributed by atoms with Gasteiger partial charge in [0.15, 0.2) is 5.75 Å². The summed E-state index contributed by atoms with van der Waals surface area (Å²) in [4.78, 5) is 18.9. The zero-order chi connectivity index (χ0) is 13.6. The molecule has 3 heterocycles. The van der Waals surface area contributed by atoms with E-state index in [0.29, 0.717) is 29.4 Å². The van der Waals surface area contributed by atoms with Gasteiger partial charge >= 0.3 is 6.09 Å². The van der Waals surface area contributed by atoms with Gasteiger partial charge in [-0.05, 0) is 15.9 Å². The highest BCUT2D eigenvalue weighted by Gasteiger charge is 2.47. The molecule has 19 heavy (non-hydrogen) atoms. The van der Waals surface area contributed by atoms with Crippen LogP contribution in [0.1, 0.15) is 0 Å². The van der Waals surface area contributed by atoms with E-state index >= 15 is 0 Å². The van der Waals surface area contributed by atoms with E-state index in [9.17, 15) is 4.79 Å². The number of carbonyl (C=O) groups is 1. The molecular formula is C12H14BrN3O3. The lowest BCUT2D eigenvalue weighted by Gasteiger charge is -2.45. The Morgan fingerprint density at radius 1 is 1.53 bits per heavy atom. The van der Waals surface area contributed by atoms with Crippen molar-refractivity contribution in [3.8, 4) is 5.75 Å². The highest BCUT2D eigenvalue weighted by molar-refractivity contribution is 9.10. The Hall–Kier alpha value is -1.50. The maximum atomic E-state index is 11.0. The molecule has 1 amide bonds. The SMILES string of the molecule is COc1cc(N2C[C@H]3CN(C(=O)O)C[C@H]32)cnc1Br. The van der Waals surface area contributed by atoms with Crippen LogP contribution in [0.15, 0.2) is 16.9 Å². The monoisotopic (exact) mass is 327 g/mol. The van der Waals surface area contributed by atoms with E-state index in [4.69, 9.17) is 9.84 Å². The molecule has 0 spiro atoms. The molecule has 1 aromatic rings. The zero-order valence-electron chi connectivity index (χ0n) is 10.4. The molecule has 2 aliphatic heterocycles. The molecule has 2 atom stereocenters. The summed E-state index contributed by atoms with van der Waals surface area (Å²) in [5.74, 6) is 1.12. The fraction of sp³-hybridized carbons (Fsp3) is 0.500. The number of nitrogens with zero attached hydrogens (tertiary/aromatic N) is 3. The Morgan fingerprint density at radius 2 is 2.32 bits per heavy atom. The average Bonchev–Trinajstić information content (AvgIpc) is 2.69. The molecule has 7 heteroatoms. The van der Waals surface area contributed by atoms with E-state index in [0.717, 1.165) is 12.2 Å². The summed E-state index contributed by atoms with van der Waals surface area (Å²) in [7, 11) is 1.60. The number of pyridine rings is 1. The van der Waals surface area contributed by atoms with Crippen LogP contribution in [0.2, 0.25) is 0 Å². The number of aromatic nitrogens is 1. The number of hydrogen-bond donors (Lipinski definition) is 1. The number of amides is 1. The second-order valence-electron chi connectivity index (χ2n) is 4.85. The minimum absolute atomic E-state index is 0.267. The Bertz CT molecular complexity index is 525. The van der Waals surface area contributed by atoms with Crippen molar-refractivity contribution in [1.82, 2.24) is 9.88 Å². The largest absolute Gasteiger partial charge is 0.494 e. The number of methoxy groups -OCH3 is 1. The van der Waals surface area contributed by atoms with Crippen LogP contribution >= 0.6 is 15.9 Å². The summed E-state index contributed by atoms with van der Waals surface area (Å²) in [6.45, 7) is 2.08. The van der Waals surface area contributed by atoms with Crippen LogP contribution in [-0.4, -0.2) is 53.9 Å². The van der Waals surface area contributed by atoms with Crippen LogP contribution in [0.25, 0.3) is 0 Å². The molecular weight excluding hydrogens is 314 g/mol. The molecule has 0 aliphatic carbocycles. The van der Waals surface area contributed by atoms with Crippen molar-refractivity contribution in [2.75, 3.05) is 31.6 Å². The van der Waals surface area contributed by atoms with Crippen LogP contribution in [0.4, 0.5) is 10.5 Å². The minimum Gasteiger partial charge on any atom is -0.494 e. The van der Waals surface area contributed by atoms with Crippen LogP contribution < -0.4 is 9.64 Å². The van der Waals surface area contributed by atoms with Gasteiger partial charge in [0.1, 0.15) is 4.60 Å². The first kappa shape index (κ1) is 12.5. The molecule has 3 rings (SSSR count). The maximum absolute atomic E-state index is 11.0. The third-order valence-electron chi connectivity index (χ3n) is 3.85. The lowest BCUT2D eigenvalue weighted by molar-refractivity contribution is 0.155. The lowest BCUT2D eigenvalue weighted by atomic mass is 9.91. The normalized spacial score (nSPS) is 24.9. The highest BCUT2D eigenvalue weighted by Crippen LogP contribution is 2.38. The minimum atomic E-state index is -0.833. The molecule has 0 bridgehead atoms. The number of likely N-dealkylation sites (tertiary alicyclic amines) is 1. The maximum Gasteiger partial charge on any atom is 0.407 e. The van der Waals surface area contributed by atoms with Gasteiger partial charge in [-0.1, -0.05) is 0 Å². The predicted octanol–water partition coefficient (Wildman–Crippen LogP) is 1.65. The van der Waals surface area contributed by atoms with Gasteiger partial charge in [0.05, 0.1) is 25.0 Å². The summed E-state index contributed by atoms with van der Waals surface area (Å²) in [6.07, 6.45) is 0.951. The summed E-state index contributed by atoms with van der Waals surface area (Å²) in [6, 6.07) is 2.19. The van der Waals surface area contributed by atoms with Gasteiger partial charge in [0.25, 0.3) is 0 Å².